The molecule has 0 aliphatic rings. The lowest BCUT2D eigenvalue weighted by Crippen LogP contribution is -1.72. The van der Waals surface area contributed by atoms with Crippen LogP contribution in [0.2, 0.25) is 0 Å². The van der Waals surface area contributed by atoms with E-state index in [1.807, 2.05) is 6.92 Å². The van der Waals surface area contributed by atoms with Crippen molar-refractivity contribution in [3.8, 4) is 0 Å². The zero-order valence-electron chi connectivity index (χ0n) is 6.89. The monoisotopic (exact) mass is 168 g/mol. The molecule has 0 aliphatic carbocycles. The van der Waals surface area contributed by atoms with Gasteiger partial charge in [-0.15, -0.1) is 11.3 Å². The molecule has 11 heavy (non-hydrogen) atoms. The summed E-state index contributed by atoms with van der Waals surface area (Å²) >= 11 is 1.62. The first kappa shape index (κ1) is 8.47. The summed E-state index contributed by atoms with van der Waals surface area (Å²) in [4.78, 5) is 12.7. The Hall–Kier alpha value is -0.630. The zero-order chi connectivity index (χ0) is 8.27. The molecule has 0 aliphatic heterocycles. The van der Waals surface area contributed by atoms with Crippen LogP contribution >= 0.6 is 11.3 Å². The van der Waals surface area contributed by atoms with Gasteiger partial charge in [0.25, 0.3) is 0 Å². The average molecular weight is 168 g/mol. The molecule has 1 heterocycles. The molecule has 0 spiro atoms. The molecule has 1 aromatic heterocycles. The Bertz CT molecular complexity index is 250. The maximum Gasteiger partial charge on any atom is 0.160 e. The minimum absolute atomic E-state index is 0.883. The number of carbonyl (C=O) groups excluding carboxylic acids is 1. The minimum atomic E-state index is 0.883. The number of carbonyl (C=O) groups is 1. The van der Waals surface area contributed by atoms with Crippen LogP contribution in [0, 0.1) is 6.92 Å². The van der Waals surface area contributed by atoms with Crippen LogP contribution in [-0.4, -0.2) is 6.29 Å². The Labute approximate surface area is 71.1 Å². The second-order valence-electron chi connectivity index (χ2n) is 2.63. The van der Waals surface area contributed by atoms with Gasteiger partial charge in [-0.05, 0) is 25.0 Å². The fraction of sp³-hybridized carbons (Fsp3) is 0.444. The summed E-state index contributed by atoms with van der Waals surface area (Å²) < 4.78 is 0. The van der Waals surface area contributed by atoms with Gasteiger partial charge in [0.2, 0.25) is 0 Å². The van der Waals surface area contributed by atoms with Crippen LogP contribution in [0.1, 0.15) is 33.5 Å². The molecule has 0 radical (unpaired) electrons. The predicted octanol–water partition coefficient (Wildman–Crippen LogP) is 2.82. The fourth-order valence-corrected chi connectivity index (χ4v) is 2.14. The highest BCUT2D eigenvalue weighted by molar-refractivity contribution is 7.13. The summed E-state index contributed by atoms with van der Waals surface area (Å²) in [5, 5.41) is 0. The van der Waals surface area contributed by atoms with E-state index in [1.165, 1.54) is 4.88 Å². The molecule has 1 nitrogen and oxygen atoms in total. The summed E-state index contributed by atoms with van der Waals surface area (Å²) in [6, 6.07) is 2.11. The van der Waals surface area contributed by atoms with Crippen molar-refractivity contribution in [3.63, 3.8) is 0 Å². The smallest absolute Gasteiger partial charge is 0.160 e. The number of rotatable bonds is 3. The van der Waals surface area contributed by atoms with E-state index < -0.39 is 0 Å². The highest BCUT2D eigenvalue weighted by Gasteiger charge is 2.02. The minimum Gasteiger partial charge on any atom is -0.297 e. The highest BCUT2D eigenvalue weighted by atomic mass is 32.1. The molecule has 1 aromatic rings. The van der Waals surface area contributed by atoms with Crippen LogP contribution in [-0.2, 0) is 6.42 Å². The molecule has 0 unspecified atom stereocenters. The number of aldehydes is 1. The van der Waals surface area contributed by atoms with Crippen molar-refractivity contribution in [3.05, 3.63) is 21.4 Å². The van der Waals surface area contributed by atoms with Gasteiger partial charge in [-0.1, -0.05) is 13.3 Å². The lowest BCUT2D eigenvalue weighted by molar-refractivity contribution is 0.112. The van der Waals surface area contributed by atoms with Gasteiger partial charge in [-0.25, -0.2) is 0 Å². The van der Waals surface area contributed by atoms with Crippen molar-refractivity contribution < 1.29 is 4.79 Å². The van der Waals surface area contributed by atoms with E-state index in [0.29, 0.717) is 0 Å². The van der Waals surface area contributed by atoms with Crippen molar-refractivity contribution in [1.82, 2.24) is 0 Å². The average Bonchev–Trinajstić information content (AvgIpc) is 2.32. The van der Waals surface area contributed by atoms with E-state index >= 15 is 0 Å². The Morgan fingerprint density at radius 2 is 2.36 bits per heavy atom. The van der Waals surface area contributed by atoms with Gasteiger partial charge in [-0.3, -0.25) is 4.79 Å². The molecule has 2 heteroatoms. The molecule has 0 atom stereocenters. The van der Waals surface area contributed by atoms with Crippen LogP contribution in [0.25, 0.3) is 0 Å². The zero-order valence-corrected chi connectivity index (χ0v) is 7.70. The molecule has 60 valence electrons. The van der Waals surface area contributed by atoms with Crippen molar-refractivity contribution in [2.75, 3.05) is 0 Å². The molecular weight excluding hydrogens is 156 g/mol. The van der Waals surface area contributed by atoms with E-state index in [1.54, 1.807) is 11.3 Å². The summed E-state index contributed by atoms with van der Waals surface area (Å²) in [5.74, 6) is 0. The quantitative estimate of drug-likeness (QED) is 0.634. The van der Waals surface area contributed by atoms with Crippen LogP contribution in [0.3, 0.4) is 0 Å². The molecule has 0 bridgehead atoms. The molecule has 0 fully saturated rings. The SMILES string of the molecule is CCCc1cc(C)c(C=O)s1. The predicted molar refractivity (Wildman–Crippen MR) is 48.4 cm³/mol. The Kier molecular flexibility index (Phi) is 2.83. The van der Waals surface area contributed by atoms with E-state index in [9.17, 15) is 4.79 Å². The Morgan fingerprint density at radius 3 is 2.82 bits per heavy atom. The number of aryl methyl sites for hydroxylation is 2. The molecular formula is C9H12OS. The van der Waals surface area contributed by atoms with E-state index in [-0.39, 0.29) is 0 Å². The second-order valence-corrected chi connectivity index (χ2v) is 3.80. The first-order chi connectivity index (χ1) is 5.27. The van der Waals surface area contributed by atoms with Gasteiger partial charge < -0.3 is 0 Å². The molecule has 0 amide bonds. The number of thiophene rings is 1. The standard InChI is InChI=1S/C9H12OS/c1-3-4-8-5-7(2)9(6-10)11-8/h5-6H,3-4H2,1-2H3. The van der Waals surface area contributed by atoms with Crippen molar-refractivity contribution >= 4 is 17.6 Å². The molecule has 0 saturated heterocycles. The molecule has 0 aromatic carbocycles. The van der Waals surface area contributed by atoms with Crippen LogP contribution in [0.15, 0.2) is 6.07 Å². The topological polar surface area (TPSA) is 17.1 Å². The summed E-state index contributed by atoms with van der Waals surface area (Å²) in [6.07, 6.45) is 3.19. The van der Waals surface area contributed by atoms with Crippen molar-refractivity contribution in [2.24, 2.45) is 0 Å². The van der Waals surface area contributed by atoms with E-state index in [0.717, 1.165) is 29.6 Å². The normalized spacial score (nSPS) is 10.0. The third-order valence-electron chi connectivity index (χ3n) is 1.61. The third-order valence-corrected chi connectivity index (χ3v) is 2.83. The molecule has 1 rings (SSSR count). The number of hydrogen-bond donors (Lipinski definition) is 0. The highest BCUT2D eigenvalue weighted by Crippen LogP contribution is 2.20. The van der Waals surface area contributed by atoms with Gasteiger partial charge in [-0.2, -0.15) is 0 Å². The van der Waals surface area contributed by atoms with Crippen LogP contribution in [0.4, 0.5) is 0 Å². The second kappa shape index (κ2) is 3.67. The maximum atomic E-state index is 10.5. The van der Waals surface area contributed by atoms with Gasteiger partial charge in [0.05, 0.1) is 4.88 Å². The molecule has 0 N–H and O–H groups in total. The van der Waals surface area contributed by atoms with E-state index in [2.05, 4.69) is 13.0 Å². The lowest BCUT2D eigenvalue weighted by Gasteiger charge is -1.86. The molecule has 0 saturated carbocycles. The fourth-order valence-electron chi connectivity index (χ4n) is 1.05. The van der Waals surface area contributed by atoms with Crippen LogP contribution in [0.5, 0.6) is 0 Å². The lowest BCUT2D eigenvalue weighted by atomic mass is 10.2. The largest absolute Gasteiger partial charge is 0.297 e. The van der Waals surface area contributed by atoms with Gasteiger partial charge in [0.15, 0.2) is 6.29 Å². The van der Waals surface area contributed by atoms with Crippen molar-refractivity contribution in [1.29, 1.82) is 0 Å². The third kappa shape index (κ3) is 1.90. The van der Waals surface area contributed by atoms with Crippen LogP contribution < -0.4 is 0 Å². The number of hydrogen-bond acceptors (Lipinski definition) is 2. The van der Waals surface area contributed by atoms with Crippen molar-refractivity contribution in [2.45, 2.75) is 26.7 Å². The van der Waals surface area contributed by atoms with Gasteiger partial charge in [0.1, 0.15) is 0 Å². The Morgan fingerprint density at radius 1 is 1.64 bits per heavy atom. The summed E-state index contributed by atoms with van der Waals surface area (Å²) in [5.41, 5.74) is 1.12. The summed E-state index contributed by atoms with van der Waals surface area (Å²) in [7, 11) is 0. The maximum absolute atomic E-state index is 10.5. The summed E-state index contributed by atoms with van der Waals surface area (Å²) in [6.45, 7) is 4.13. The van der Waals surface area contributed by atoms with E-state index in [4.69, 9.17) is 0 Å². The first-order valence-electron chi connectivity index (χ1n) is 3.82. The first-order valence-corrected chi connectivity index (χ1v) is 4.64. The Balaban J connectivity index is 2.86. The van der Waals surface area contributed by atoms with Gasteiger partial charge >= 0.3 is 0 Å². The van der Waals surface area contributed by atoms with Gasteiger partial charge in [0, 0.05) is 4.88 Å².